The normalized spacial score (nSPS) is 15.8. The Labute approximate surface area is 96.5 Å². The molecule has 88 valence electrons. The van der Waals surface area contributed by atoms with Crippen molar-refractivity contribution < 1.29 is 0 Å². The summed E-state index contributed by atoms with van der Waals surface area (Å²) in [5, 5.41) is 3.39. The number of hydrogen-bond donors (Lipinski definition) is 1. The van der Waals surface area contributed by atoms with Gasteiger partial charge in [-0.2, -0.15) is 0 Å². The summed E-state index contributed by atoms with van der Waals surface area (Å²) in [5.41, 5.74) is 2.07. The first-order valence-electron chi connectivity index (χ1n) is 6.04. The summed E-state index contributed by atoms with van der Waals surface area (Å²) in [5.74, 6) is 0. The minimum Gasteiger partial charge on any atom is -0.310 e. The molecule has 1 aliphatic carbocycles. The molecule has 16 heavy (non-hydrogen) atoms. The molecular formula is C13H20N2O. The summed E-state index contributed by atoms with van der Waals surface area (Å²) >= 11 is 0. The Balaban J connectivity index is 2.24. The van der Waals surface area contributed by atoms with E-state index in [1.807, 2.05) is 37.5 Å². The Bertz CT molecular complexity index is 430. The zero-order valence-electron chi connectivity index (χ0n) is 10.3. The molecule has 1 fully saturated rings. The molecule has 0 unspecified atom stereocenters. The van der Waals surface area contributed by atoms with Gasteiger partial charge in [-0.3, -0.25) is 4.79 Å². The molecule has 0 amide bonds. The SMILES string of the molecule is Cc1ccc(CNC2CC2)c(=O)n1C(C)C. The zero-order chi connectivity index (χ0) is 11.7. The van der Waals surface area contributed by atoms with E-state index < -0.39 is 0 Å². The van der Waals surface area contributed by atoms with Crippen molar-refractivity contribution in [2.75, 3.05) is 0 Å². The van der Waals surface area contributed by atoms with Gasteiger partial charge >= 0.3 is 0 Å². The molecule has 1 aromatic rings. The van der Waals surface area contributed by atoms with Gasteiger partial charge in [-0.25, -0.2) is 0 Å². The molecule has 0 aromatic carbocycles. The monoisotopic (exact) mass is 220 g/mol. The summed E-state index contributed by atoms with van der Waals surface area (Å²) in [4.78, 5) is 12.2. The molecule has 0 bridgehead atoms. The van der Waals surface area contributed by atoms with Crippen LogP contribution in [0.3, 0.4) is 0 Å². The van der Waals surface area contributed by atoms with Gasteiger partial charge in [0.2, 0.25) is 0 Å². The Morgan fingerprint density at radius 2 is 2.12 bits per heavy atom. The van der Waals surface area contributed by atoms with Crippen LogP contribution in [-0.4, -0.2) is 10.6 Å². The van der Waals surface area contributed by atoms with Gasteiger partial charge in [0.1, 0.15) is 0 Å². The molecule has 3 nitrogen and oxygen atoms in total. The number of rotatable bonds is 4. The molecule has 1 aliphatic rings. The molecule has 1 N–H and O–H groups in total. The molecule has 1 saturated carbocycles. The van der Waals surface area contributed by atoms with Crippen LogP contribution in [0.5, 0.6) is 0 Å². The highest BCUT2D eigenvalue weighted by Gasteiger charge is 2.20. The molecule has 0 spiro atoms. The lowest BCUT2D eigenvalue weighted by Gasteiger charge is -2.15. The van der Waals surface area contributed by atoms with E-state index in [1.165, 1.54) is 12.8 Å². The molecule has 1 aromatic heterocycles. The van der Waals surface area contributed by atoms with Gasteiger partial charge in [0.15, 0.2) is 0 Å². The summed E-state index contributed by atoms with van der Waals surface area (Å²) in [6, 6.07) is 4.86. The maximum atomic E-state index is 12.2. The molecule has 2 rings (SSSR count). The van der Waals surface area contributed by atoms with Crippen LogP contribution in [0.15, 0.2) is 16.9 Å². The average molecular weight is 220 g/mol. The van der Waals surface area contributed by atoms with Crippen LogP contribution < -0.4 is 10.9 Å². The Hall–Kier alpha value is -1.09. The number of aryl methyl sites for hydroxylation is 1. The third-order valence-corrected chi connectivity index (χ3v) is 3.07. The van der Waals surface area contributed by atoms with Crippen molar-refractivity contribution in [1.82, 2.24) is 9.88 Å². The maximum Gasteiger partial charge on any atom is 0.255 e. The van der Waals surface area contributed by atoms with Crippen LogP contribution >= 0.6 is 0 Å². The molecule has 0 aliphatic heterocycles. The van der Waals surface area contributed by atoms with Crippen molar-refractivity contribution >= 4 is 0 Å². The molecule has 0 saturated heterocycles. The van der Waals surface area contributed by atoms with E-state index in [9.17, 15) is 4.79 Å². The quantitative estimate of drug-likeness (QED) is 0.842. The van der Waals surface area contributed by atoms with E-state index in [4.69, 9.17) is 0 Å². The van der Waals surface area contributed by atoms with Crippen molar-refractivity contribution in [1.29, 1.82) is 0 Å². The Kier molecular flexibility index (Phi) is 3.15. The number of aromatic nitrogens is 1. The van der Waals surface area contributed by atoms with E-state index >= 15 is 0 Å². The highest BCUT2D eigenvalue weighted by molar-refractivity contribution is 5.16. The van der Waals surface area contributed by atoms with Crippen LogP contribution in [0.4, 0.5) is 0 Å². The molecule has 0 atom stereocenters. The highest BCUT2D eigenvalue weighted by atomic mass is 16.1. The van der Waals surface area contributed by atoms with Crippen molar-refractivity contribution in [3.8, 4) is 0 Å². The van der Waals surface area contributed by atoms with E-state index in [-0.39, 0.29) is 11.6 Å². The predicted molar refractivity (Wildman–Crippen MR) is 65.7 cm³/mol. The summed E-state index contributed by atoms with van der Waals surface area (Å²) in [6.07, 6.45) is 2.51. The smallest absolute Gasteiger partial charge is 0.255 e. The van der Waals surface area contributed by atoms with Gasteiger partial charge in [0.05, 0.1) is 0 Å². The fraction of sp³-hybridized carbons (Fsp3) is 0.615. The summed E-state index contributed by atoms with van der Waals surface area (Å²) in [6.45, 7) is 6.79. The predicted octanol–water partition coefficient (Wildman–Crippen LogP) is 1.99. The van der Waals surface area contributed by atoms with Crippen molar-refractivity contribution in [2.24, 2.45) is 0 Å². The van der Waals surface area contributed by atoms with Crippen molar-refractivity contribution in [3.63, 3.8) is 0 Å². The lowest BCUT2D eigenvalue weighted by atomic mass is 10.2. The summed E-state index contributed by atoms with van der Waals surface area (Å²) in [7, 11) is 0. The van der Waals surface area contributed by atoms with Crippen molar-refractivity contribution in [3.05, 3.63) is 33.7 Å². The number of hydrogen-bond acceptors (Lipinski definition) is 2. The third-order valence-electron chi connectivity index (χ3n) is 3.07. The molecule has 3 heteroatoms. The van der Waals surface area contributed by atoms with Crippen LogP contribution in [0.1, 0.15) is 44.0 Å². The second-order valence-electron chi connectivity index (χ2n) is 4.92. The standard InChI is InChI=1S/C13H20N2O/c1-9(2)15-10(3)4-5-11(13(15)16)8-14-12-6-7-12/h4-5,9,12,14H,6-8H2,1-3H3. The summed E-state index contributed by atoms with van der Waals surface area (Å²) < 4.78 is 1.86. The number of pyridine rings is 1. The topological polar surface area (TPSA) is 34.0 Å². The lowest BCUT2D eigenvalue weighted by molar-refractivity contribution is 0.552. The maximum absolute atomic E-state index is 12.2. The number of nitrogens with zero attached hydrogens (tertiary/aromatic N) is 1. The third kappa shape index (κ3) is 2.35. The average Bonchev–Trinajstić information content (AvgIpc) is 3.00. The molecular weight excluding hydrogens is 200 g/mol. The first kappa shape index (κ1) is 11.4. The number of nitrogens with one attached hydrogen (secondary N) is 1. The first-order chi connectivity index (χ1) is 7.59. The Morgan fingerprint density at radius 3 is 2.69 bits per heavy atom. The van der Waals surface area contributed by atoms with Crippen LogP contribution in [0.2, 0.25) is 0 Å². The fourth-order valence-electron chi connectivity index (χ4n) is 2.01. The minimum atomic E-state index is 0.156. The largest absolute Gasteiger partial charge is 0.310 e. The first-order valence-corrected chi connectivity index (χ1v) is 6.04. The van der Waals surface area contributed by atoms with Gasteiger partial charge < -0.3 is 9.88 Å². The second kappa shape index (κ2) is 4.42. The lowest BCUT2D eigenvalue weighted by Crippen LogP contribution is -2.30. The van der Waals surface area contributed by atoms with Gasteiger partial charge in [-0.1, -0.05) is 6.07 Å². The van der Waals surface area contributed by atoms with Crippen LogP contribution in [0, 0.1) is 6.92 Å². The van der Waals surface area contributed by atoms with Gasteiger partial charge in [-0.05, 0) is 39.7 Å². The van der Waals surface area contributed by atoms with Gasteiger partial charge in [0.25, 0.3) is 5.56 Å². The minimum absolute atomic E-state index is 0.156. The van der Waals surface area contributed by atoms with Crippen LogP contribution in [0.25, 0.3) is 0 Å². The second-order valence-corrected chi connectivity index (χ2v) is 4.92. The highest BCUT2D eigenvalue weighted by Crippen LogP contribution is 2.19. The van der Waals surface area contributed by atoms with Crippen molar-refractivity contribution in [2.45, 2.75) is 52.2 Å². The zero-order valence-corrected chi connectivity index (χ0v) is 10.3. The van der Waals surface area contributed by atoms with E-state index in [0.29, 0.717) is 12.6 Å². The van der Waals surface area contributed by atoms with Gasteiger partial charge in [-0.15, -0.1) is 0 Å². The van der Waals surface area contributed by atoms with Crippen LogP contribution in [-0.2, 0) is 6.54 Å². The Morgan fingerprint density at radius 1 is 1.44 bits per heavy atom. The molecule has 1 heterocycles. The van der Waals surface area contributed by atoms with E-state index in [1.54, 1.807) is 0 Å². The fourth-order valence-corrected chi connectivity index (χ4v) is 2.01. The van der Waals surface area contributed by atoms with E-state index in [2.05, 4.69) is 5.32 Å². The van der Waals surface area contributed by atoms with Gasteiger partial charge in [0, 0.05) is 29.9 Å². The van der Waals surface area contributed by atoms with E-state index in [0.717, 1.165) is 11.3 Å². The molecule has 0 radical (unpaired) electrons.